The molecule has 2 aromatic heterocycles. The highest BCUT2D eigenvalue weighted by molar-refractivity contribution is 5.86. The number of nitrogen functional groups attached to an aromatic ring is 1. The van der Waals surface area contributed by atoms with Crippen molar-refractivity contribution in [2.24, 2.45) is 7.05 Å². The highest BCUT2D eigenvalue weighted by Crippen LogP contribution is 2.31. The summed E-state index contributed by atoms with van der Waals surface area (Å²) in [6.07, 6.45) is 6.98. The Labute approximate surface area is 162 Å². The highest BCUT2D eigenvalue weighted by atomic mass is 35.5. The van der Waals surface area contributed by atoms with E-state index < -0.39 is 5.60 Å². The number of nitrogens with two attached hydrogens (primary N) is 1. The first kappa shape index (κ1) is 19.3. The van der Waals surface area contributed by atoms with Crippen LogP contribution in [0.1, 0.15) is 31.5 Å². The molecule has 0 spiro atoms. The fraction of sp³-hybridized carbons (Fsp3) is 0.316. The Morgan fingerprint density at radius 1 is 1.22 bits per heavy atom. The molecular weight excluding hydrogens is 369 g/mol. The molecule has 1 aliphatic carbocycles. The Hall–Kier alpha value is -2.51. The van der Waals surface area contributed by atoms with Gasteiger partial charge in [-0.25, -0.2) is 19.3 Å². The summed E-state index contributed by atoms with van der Waals surface area (Å²) < 4.78 is 15.3. The zero-order valence-electron chi connectivity index (χ0n) is 14.9. The molecule has 0 unspecified atom stereocenters. The van der Waals surface area contributed by atoms with E-state index in [1.165, 1.54) is 12.1 Å². The zero-order valence-corrected chi connectivity index (χ0v) is 15.7. The van der Waals surface area contributed by atoms with E-state index in [0.717, 1.165) is 25.7 Å². The van der Waals surface area contributed by atoms with E-state index in [4.69, 9.17) is 5.73 Å². The van der Waals surface area contributed by atoms with Crippen LogP contribution in [-0.4, -0.2) is 30.2 Å². The van der Waals surface area contributed by atoms with Gasteiger partial charge >= 0.3 is 0 Å². The number of aromatic nitrogens is 4. The van der Waals surface area contributed by atoms with Gasteiger partial charge in [0.1, 0.15) is 11.6 Å². The standard InChI is InChI=1S/C19H20FN5O.ClH/c1-25-17(12-5-4-6-13(20)11-12)24-15-16(21)22-14(23-18(15)25)7-10-19(26)8-2-3-9-19;/h4-7,10-11,26H,2-3,8-9H2,1H3,(H2,21,22,23);1H. The normalized spacial score (nSPS) is 16.1. The molecule has 1 aromatic carbocycles. The van der Waals surface area contributed by atoms with Gasteiger partial charge in [-0.15, -0.1) is 12.4 Å². The number of anilines is 1. The minimum atomic E-state index is -0.785. The summed E-state index contributed by atoms with van der Waals surface area (Å²) in [5, 5.41) is 10.4. The second-order valence-electron chi connectivity index (χ2n) is 6.79. The molecule has 2 heterocycles. The molecule has 6 nitrogen and oxygen atoms in total. The molecule has 0 radical (unpaired) electrons. The van der Waals surface area contributed by atoms with Crippen LogP contribution in [0.25, 0.3) is 28.6 Å². The Bertz CT molecular complexity index is 1010. The van der Waals surface area contributed by atoms with Crippen molar-refractivity contribution in [2.75, 3.05) is 5.73 Å². The molecular formula is C19H21ClFN5O. The van der Waals surface area contributed by atoms with Crippen molar-refractivity contribution in [3.05, 3.63) is 42.0 Å². The van der Waals surface area contributed by atoms with Gasteiger partial charge < -0.3 is 15.4 Å². The molecule has 0 amide bonds. The Morgan fingerprint density at radius 2 is 1.96 bits per heavy atom. The molecule has 0 atom stereocenters. The number of benzene rings is 1. The quantitative estimate of drug-likeness (QED) is 0.715. The van der Waals surface area contributed by atoms with Gasteiger partial charge in [0, 0.05) is 12.6 Å². The molecule has 1 fully saturated rings. The zero-order chi connectivity index (χ0) is 18.3. The lowest BCUT2D eigenvalue weighted by molar-refractivity contribution is 0.100. The Morgan fingerprint density at radius 3 is 2.67 bits per heavy atom. The SMILES string of the molecule is Cl.Cn1c(-c2cccc(F)c2)nc2c(N)nc(C=CC3(O)CCCC3)nc21. The average Bonchev–Trinajstić information content (AvgIpc) is 3.18. The third-order valence-corrected chi connectivity index (χ3v) is 4.86. The van der Waals surface area contributed by atoms with Crippen molar-refractivity contribution in [1.82, 2.24) is 19.5 Å². The van der Waals surface area contributed by atoms with Gasteiger partial charge in [-0.05, 0) is 37.1 Å². The van der Waals surface area contributed by atoms with Crippen molar-refractivity contribution in [2.45, 2.75) is 31.3 Å². The van der Waals surface area contributed by atoms with Crippen LogP contribution in [0.5, 0.6) is 0 Å². The van der Waals surface area contributed by atoms with Crippen LogP contribution < -0.4 is 5.73 Å². The first-order chi connectivity index (χ1) is 12.5. The number of nitrogens with zero attached hydrogens (tertiary/aromatic N) is 4. The lowest BCUT2D eigenvalue weighted by Gasteiger charge is -2.16. The Balaban J connectivity index is 0.00000210. The van der Waals surface area contributed by atoms with Gasteiger partial charge in [-0.1, -0.05) is 25.0 Å². The number of fused-ring (bicyclic) bond motifs is 1. The molecule has 3 aromatic rings. The van der Waals surface area contributed by atoms with Crippen LogP contribution in [0.4, 0.5) is 10.2 Å². The minimum Gasteiger partial charge on any atom is -0.386 e. The fourth-order valence-corrected chi connectivity index (χ4v) is 3.44. The maximum atomic E-state index is 13.5. The Kier molecular flexibility index (Phi) is 5.17. The van der Waals surface area contributed by atoms with Gasteiger partial charge in [-0.3, -0.25) is 0 Å². The summed E-state index contributed by atoms with van der Waals surface area (Å²) >= 11 is 0. The number of aliphatic hydroxyl groups is 1. The first-order valence-electron chi connectivity index (χ1n) is 8.63. The average molecular weight is 390 g/mol. The molecule has 1 aliphatic rings. The van der Waals surface area contributed by atoms with Crippen molar-refractivity contribution >= 4 is 35.5 Å². The second kappa shape index (κ2) is 7.25. The molecule has 0 bridgehead atoms. The molecule has 4 rings (SSSR count). The van der Waals surface area contributed by atoms with Gasteiger partial charge in [0.15, 0.2) is 22.8 Å². The molecule has 1 saturated carbocycles. The van der Waals surface area contributed by atoms with Gasteiger partial charge in [-0.2, -0.15) is 0 Å². The van der Waals surface area contributed by atoms with Crippen LogP contribution in [0.2, 0.25) is 0 Å². The van der Waals surface area contributed by atoms with Gasteiger partial charge in [0.05, 0.1) is 5.60 Å². The number of hydrogen-bond acceptors (Lipinski definition) is 5. The monoisotopic (exact) mass is 389 g/mol. The molecule has 8 heteroatoms. The van der Waals surface area contributed by atoms with Crippen LogP contribution in [0.15, 0.2) is 30.3 Å². The number of imidazole rings is 1. The topological polar surface area (TPSA) is 89.9 Å². The lowest BCUT2D eigenvalue weighted by atomic mass is 10.0. The summed E-state index contributed by atoms with van der Waals surface area (Å²) in [6, 6.07) is 6.22. The fourth-order valence-electron chi connectivity index (χ4n) is 3.44. The summed E-state index contributed by atoms with van der Waals surface area (Å²) in [6.45, 7) is 0. The number of rotatable bonds is 3. The van der Waals surface area contributed by atoms with Gasteiger partial charge in [0.25, 0.3) is 0 Å². The molecule has 3 N–H and O–H groups in total. The number of hydrogen-bond donors (Lipinski definition) is 2. The minimum absolute atomic E-state index is 0. The second-order valence-corrected chi connectivity index (χ2v) is 6.79. The van der Waals surface area contributed by atoms with Crippen molar-refractivity contribution in [3.8, 4) is 11.4 Å². The van der Waals surface area contributed by atoms with Gasteiger partial charge in [0.2, 0.25) is 0 Å². The third-order valence-electron chi connectivity index (χ3n) is 4.86. The van der Waals surface area contributed by atoms with E-state index in [-0.39, 0.29) is 24.0 Å². The summed E-state index contributed by atoms with van der Waals surface area (Å²) in [5.41, 5.74) is 6.96. The predicted molar refractivity (Wildman–Crippen MR) is 106 cm³/mol. The predicted octanol–water partition coefficient (Wildman–Crippen LogP) is 3.49. The van der Waals surface area contributed by atoms with E-state index in [2.05, 4.69) is 15.0 Å². The van der Waals surface area contributed by atoms with Crippen molar-refractivity contribution in [3.63, 3.8) is 0 Å². The smallest absolute Gasteiger partial charge is 0.166 e. The van der Waals surface area contributed by atoms with E-state index in [0.29, 0.717) is 28.4 Å². The maximum Gasteiger partial charge on any atom is 0.166 e. The third kappa shape index (κ3) is 3.65. The van der Waals surface area contributed by atoms with E-state index in [9.17, 15) is 9.50 Å². The first-order valence-corrected chi connectivity index (χ1v) is 8.63. The summed E-state index contributed by atoms with van der Waals surface area (Å²) in [4.78, 5) is 13.3. The maximum absolute atomic E-state index is 13.5. The van der Waals surface area contributed by atoms with Crippen LogP contribution in [-0.2, 0) is 7.05 Å². The van der Waals surface area contributed by atoms with Crippen LogP contribution >= 0.6 is 12.4 Å². The molecule has 142 valence electrons. The molecule has 0 aliphatic heterocycles. The van der Waals surface area contributed by atoms with E-state index >= 15 is 0 Å². The lowest BCUT2D eigenvalue weighted by Crippen LogP contribution is -2.19. The van der Waals surface area contributed by atoms with Crippen LogP contribution in [0.3, 0.4) is 0 Å². The largest absolute Gasteiger partial charge is 0.386 e. The van der Waals surface area contributed by atoms with Crippen LogP contribution in [0, 0.1) is 5.82 Å². The highest BCUT2D eigenvalue weighted by Gasteiger charge is 2.28. The summed E-state index contributed by atoms with van der Waals surface area (Å²) in [5.74, 6) is 0.911. The molecule has 0 saturated heterocycles. The number of aryl methyl sites for hydroxylation is 1. The molecule has 27 heavy (non-hydrogen) atoms. The van der Waals surface area contributed by atoms with E-state index in [1.807, 2.05) is 0 Å². The van der Waals surface area contributed by atoms with Crippen molar-refractivity contribution in [1.29, 1.82) is 0 Å². The van der Waals surface area contributed by atoms with E-state index in [1.54, 1.807) is 35.9 Å². The summed E-state index contributed by atoms with van der Waals surface area (Å²) in [7, 11) is 1.81. The van der Waals surface area contributed by atoms with Crippen molar-refractivity contribution < 1.29 is 9.50 Å². The number of halogens is 2.